The van der Waals surface area contributed by atoms with Crippen LogP contribution in [0.15, 0.2) is 24.7 Å². The number of H-pyrrole nitrogens is 1. The van der Waals surface area contributed by atoms with Crippen molar-refractivity contribution < 1.29 is 13.2 Å². The van der Waals surface area contributed by atoms with Crippen molar-refractivity contribution in [2.75, 3.05) is 0 Å². The Hall–Kier alpha value is -3.02. The van der Waals surface area contributed by atoms with Crippen molar-refractivity contribution in [3.63, 3.8) is 0 Å². The third kappa shape index (κ3) is 2.38. The molecule has 0 atom stereocenters. The minimum Gasteiger partial charge on any atom is -0.331 e. The molecule has 3 heterocycles. The highest BCUT2D eigenvalue weighted by atomic mass is 19.4. The van der Waals surface area contributed by atoms with Crippen LogP contribution in [0, 0.1) is 11.3 Å². The molecular formula is C12H5F3N6. The number of aromatic amines is 1. The van der Waals surface area contributed by atoms with Crippen LogP contribution >= 0.6 is 0 Å². The number of aromatic nitrogens is 5. The summed E-state index contributed by atoms with van der Waals surface area (Å²) in [6.45, 7) is 0. The normalized spacial score (nSPS) is 11.5. The molecule has 0 aliphatic rings. The quantitative estimate of drug-likeness (QED) is 0.742. The number of nitrogens with one attached hydrogen (secondary N) is 1. The van der Waals surface area contributed by atoms with Crippen molar-refractivity contribution in [2.24, 2.45) is 0 Å². The highest BCUT2D eigenvalue weighted by Crippen LogP contribution is 2.26. The molecule has 6 nitrogen and oxygen atoms in total. The van der Waals surface area contributed by atoms with Crippen LogP contribution in [0.2, 0.25) is 0 Å². The standard InChI is InChI=1S/C12H5F3N6/c13-12(14,15)11-18-4-7(5-19-11)9-17-3-6-1-8(2-16)20-10(6)21-9/h1,3-5H,(H,17,20,21). The number of fused-ring (bicyclic) bond motifs is 1. The van der Waals surface area contributed by atoms with Gasteiger partial charge in [-0.3, -0.25) is 0 Å². The van der Waals surface area contributed by atoms with Gasteiger partial charge in [0.2, 0.25) is 5.82 Å². The number of nitriles is 1. The summed E-state index contributed by atoms with van der Waals surface area (Å²) >= 11 is 0. The van der Waals surface area contributed by atoms with Gasteiger partial charge in [-0.05, 0) is 6.07 Å². The molecule has 0 bridgehead atoms. The number of hydrogen-bond acceptors (Lipinski definition) is 5. The van der Waals surface area contributed by atoms with Crippen LogP contribution in [-0.2, 0) is 6.18 Å². The van der Waals surface area contributed by atoms with Gasteiger partial charge in [0.1, 0.15) is 17.4 Å². The Bertz CT molecular complexity index is 844. The fraction of sp³-hybridized carbons (Fsp3) is 0.0833. The zero-order valence-corrected chi connectivity index (χ0v) is 10.2. The smallest absolute Gasteiger partial charge is 0.331 e. The molecule has 3 aromatic rings. The second-order valence-electron chi connectivity index (χ2n) is 4.09. The minimum atomic E-state index is -4.59. The lowest BCUT2D eigenvalue weighted by Gasteiger charge is -2.04. The molecule has 3 aromatic heterocycles. The van der Waals surface area contributed by atoms with Crippen LogP contribution in [0.3, 0.4) is 0 Å². The highest BCUT2D eigenvalue weighted by Gasteiger charge is 2.34. The van der Waals surface area contributed by atoms with E-state index in [0.29, 0.717) is 16.7 Å². The summed E-state index contributed by atoms with van der Waals surface area (Å²) in [5.41, 5.74) is 0.981. The molecule has 0 saturated heterocycles. The lowest BCUT2D eigenvalue weighted by molar-refractivity contribution is -0.144. The highest BCUT2D eigenvalue weighted by molar-refractivity contribution is 5.78. The monoisotopic (exact) mass is 290 g/mol. The van der Waals surface area contributed by atoms with Crippen LogP contribution < -0.4 is 0 Å². The van der Waals surface area contributed by atoms with E-state index in [4.69, 9.17) is 5.26 Å². The van der Waals surface area contributed by atoms with Gasteiger partial charge >= 0.3 is 6.18 Å². The second kappa shape index (κ2) is 4.52. The van der Waals surface area contributed by atoms with Crippen LogP contribution in [0.1, 0.15) is 11.5 Å². The van der Waals surface area contributed by atoms with Gasteiger partial charge in [-0.15, -0.1) is 0 Å². The first-order chi connectivity index (χ1) is 9.97. The molecule has 0 saturated carbocycles. The van der Waals surface area contributed by atoms with Gasteiger partial charge in [0, 0.05) is 24.0 Å². The molecule has 1 N–H and O–H groups in total. The van der Waals surface area contributed by atoms with E-state index in [-0.39, 0.29) is 11.4 Å². The van der Waals surface area contributed by atoms with E-state index in [0.717, 1.165) is 12.4 Å². The van der Waals surface area contributed by atoms with E-state index in [1.807, 2.05) is 6.07 Å². The van der Waals surface area contributed by atoms with Crippen molar-refractivity contribution in [1.82, 2.24) is 24.9 Å². The lowest BCUT2D eigenvalue weighted by atomic mass is 10.3. The lowest BCUT2D eigenvalue weighted by Crippen LogP contribution is -2.10. The van der Waals surface area contributed by atoms with Gasteiger partial charge in [-0.2, -0.15) is 18.4 Å². The minimum absolute atomic E-state index is 0.169. The first-order valence-electron chi connectivity index (χ1n) is 5.63. The number of nitrogens with zero attached hydrogens (tertiary/aromatic N) is 5. The van der Waals surface area contributed by atoms with Crippen LogP contribution in [0.4, 0.5) is 13.2 Å². The molecular weight excluding hydrogens is 285 g/mol. The molecule has 3 rings (SSSR count). The number of alkyl halides is 3. The SMILES string of the molecule is N#Cc1cc2cnc(-c3cnc(C(F)(F)F)nc3)nc2[nH]1. The average molecular weight is 290 g/mol. The molecule has 0 amide bonds. The summed E-state index contributed by atoms with van der Waals surface area (Å²) in [5.74, 6) is -1.05. The first kappa shape index (κ1) is 13.0. The van der Waals surface area contributed by atoms with Crippen molar-refractivity contribution in [1.29, 1.82) is 5.26 Å². The predicted molar refractivity (Wildman–Crippen MR) is 64.6 cm³/mol. The van der Waals surface area contributed by atoms with Crippen molar-refractivity contribution in [2.45, 2.75) is 6.18 Å². The number of halogens is 3. The third-order valence-electron chi connectivity index (χ3n) is 2.65. The van der Waals surface area contributed by atoms with Gasteiger partial charge < -0.3 is 4.98 Å². The van der Waals surface area contributed by atoms with Gasteiger partial charge in [0.05, 0.1) is 5.56 Å². The molecule has 0 radical (unpaired) electrons. The van der Waals surface area contributed by atoms with E-state index in [2.05, 4.69) is 24.9 Å². The van der Waals surface area contributed by atoms with Crippen LogP contribution in [0.25, 0.3) is 22.4 Å². The summed E-state index contributed by atoms with van der Waals surface area (Å²) in [5, 5.41) is 9.40. The third-order valence-corrected chi connectivity index (χ3v) is 2.65. The Kier molecular flexibility index (Phi) is 2.79. The summed E-state index contributed by atoms with van der Waals surface area (Å²) in [7, 11) is 0. The average Bonchev–Trinajstić information content (AvgIpc) is 2.88. The van der Waals surface area contributed by atoms with Crippen molar-refractivity contribution in [3.05, 3.63) is 36.2 Å². The molecule has 104 valence electrons. The van der Waals surface area contributed by atoms with E-state index in [1.54, 1.807) is 6.07 Å². The molecule has 0 spiro atoms. The Balaban J connectivity index is 2.02. The topological polar surface area (TPSA) is 91.1 Å². The maximum Gasteiger partial charge on any atom is 0.451 e. The fourth-order valence-electron chi connectivity index (χ4n) is 1.71. The van der Waals surface area contributed by atoms with Gasteiger partial charge in [-0.1, -0.05) is 0 Å². The van der Waals surface area contributed by atoms with Crippen LogP contribution in [-0.4, -0.2) is 24.9 Å². The summed E-state index contributed by atoms with van der Waals surface area (Å²) < 4.78 is 37.1. The van der Waals surface area contributed by atoms with E-state index < -0.39 is 12.0 Å². The molecule has 0 aliphatic carbocycles. The van der Waals surface area contributed by atoms with Gasteiger partial charge in [-0.25, -0.2) is 19.9 Å². The summed E-state index contributed by atoms with van der Waals surface area (Å²) in [4.78, 5) is 17.4. The predicted octanol–water partition coefficient (Wildman–Crippen LogP) is 2.31. The number of rotatable bonds is 1. The maximum atomic E-state index is 12.4. The molecule has 9 heteroatoms. The van der Waals surface area contributed by atoms with E-state index in [1.165, 1.54) is 6.20 Å². The van der Waals surface area contributed by atoms with E-state index in [9.17, 15) is 13.2 Å². The molecule has 0 unspecified atom stereocenters. The maximum absolute atomic E-state index is 12.4. The Morgan fingerprint density at radius 1 is 1.10 bits per heavy atom. The van der Waals surface area contributed by atoms with Crippen molar-refractivity contribution in [3.8, 4) is 17.5 Å². The Labute approximate surface area is 115 Å². The first-order valence-corrected chi connectivity index (χ1v) is 5.63. The zero-order valence-electron chi connectivity index (χ0n) is 10.2. The van der Waals surface area contributed by atoms with Crippen LogP contribution in [0.5, 0.6) is 0 Å². The Morgan fingerprint density at radius 2 is 1.81 bits per heavy atom. The van der Waals surface area contributed by atoms with E-state index >= 15 is 0 Å². The molecule has 0 aliphatic heterocycles. The van der Waals surface area contributed by atoms with Crippen molar-refractivity contribution >= 4 is 11.0 Å². The van der Waals surface area contributed by atoms with Gasteiger partial charge in [0.15, 0.2) is 5.82 Å². The second-order valence-corrected chi connectivity index (χ2v) is 4.09. The largest absolute Gasteiger partial charge is 0.451 e. The summed E-state index contributed by atoms with van der Waals surface area (Å²) in [6.07, 6.45) is -1.12. The fourth-order valence-corrected chi connectivity index (χ4v) is 1.71. The number of hydrogen-bond donors (Lipinski definition) is 1. The summed E-state index contributed by atoms with van der Waals surface area (Å²) in [6, 6.07) is 3.50. The molecule has 0 aromatic carbocycles. The van der Waals surface area contributed by atoms with Gasteiger partial charge in [0.25, 0.3) is 0 Å². The molecule has 21 heavy (non-hydrogen) atoms. The Morgan fingerprint density at radius 3 is 2.43 bits per heavy atom. The zero-order chi connectivity index (χ0) is 15.0. The molecule has 0 fully saturated rings.